The van der Waals surface area contributed by atoms with Gasteiger partial charge in [-0.3, -0.25) is 0 Å². The van der Waals surface area contributed by atoms with E-state index in [0.29, 0.717) is 18.3 Å². The topological polar surface area (TPSA) is 47.9 Å². The Hall–Kier alpha value is -0.160. The number of ether oxygens (including phenoxy) is 1. The molecule has 20 heavy (non-hydrogen) atoms. The van der Waals surface area contributed by atoms with Gasteiger partial charge >= 0.3 is 0 Å². The van der Waals surface area contributed by atoms with Gasteiger partial charge in [-0.25, -0.2) is 0 Å². The summed E-state index contributed by atoms with van der Waals surface area (Å²) in [5, 5.41) is 9.96. The Morgan fingerprint density at radius 1 is 0.900 bits per heavy atom. The van der Waals surface area contributed by atoms with Gasteiger partial charge in [0.1, 0.15) is 0 Å². The van der Waals surface area contributed by atoms with Gasteiger partial charge in [-0.15, -0.1) is 0 Å². The lowest BCUT2D eigenvalue weighted by molar-refractivity contribution is -0.390. The molecular formula is C16H24O4. The summed E-state index contributed by atoms with van der Waals surface area (Å²) in [5.41, 5.74) is 0. The van der Waals surface area contributed by atoms with Crippen LogP contribution in [0, 0.1) is 23.7 Å². The summed E-state index contributed by atoms with van der Waals surface area (Å²) in [4.78, 5) is 11.7. The molecule has 6 fully saturated rings. The van der Waals surface area contributed by atoms with E-state index in [4.69, 9.17) is 14.5 Å². The van der Waals surface area contributed by atoms with Crippen LogP contribution in [0.3, 0.4) is 0 Å². The molecule has 2 atom stereocenters. The van der Waals surface area contributed by atoms with Crippen molar-refractivity contribution in [2.24, 2.45) is 23.7 Å². The van der Waals surface area contributed by atoms with Crippen molar-refractivity contribution in [3.8, 4) is 0 Å². The van der Waals surface area contributed by atoms with E-state index in [0.717, 1.165) is 31.1 Å². The van der Waals surface area contributed by atoms with Crippen molar-refractivity contribution in [1.29, 1.82) is 0 Å². The summed E-state index contributed by atoms with van der Waals surface area (Å²) >= 11 is 0. The summed E-state index contributed by atoms with van der Waals surface area (Å²) in [6.07, 6.45) is 9.35. The van der Waals surface area contributed by atoms with Crippen molar-refractivity contribution in [2.45, 2.75) is 75.5 Å². The van der Waals surface area contributed by atoms with Crippen LogP contribution in [0.5, 0.6) is 0 Å². The van der Waals surface area contributed by atoms with Gasteiger partial charge in [-0.1, -0.05) is 0 Å². The number of aliphatic hydroxyl groups is 1. The van der Waals surface area contributed by atoms with Crippen molar-refractivity contribution in [3.63, 3.8) is 0 Å². The van der Waals surface area contributed by atoms with E-state index >= 15 is 0 Å². The van der Waals surface area contributed by atoms with E-state index in [1.165, 1.54) is 32.1 Å². The van der Waals surface area contributed by atoms with Crippen LogP contribution in [-0.2, 0) is 14.5 Å². The Bertz CT molecular complexity index is 395. The van der Waals surface area contributed by atoms with Crippen molar-refractivity contribution in [3.05, 3.63) is 0 Å². The maximum absolute atomic E-state index is 9.96. The third-order valence-electron chi connectivity index (χ3n) is 6.59. The van der Waals surface area contributed by atoms with E-state index in [9.17, 15) is 5.11 Å². The first-order chi connectivity index (χ1) is 9.68. The lowest BCUT2D eigenvalue weighted by atomic mass is 9.53. The highest BCUT2D eigenvalue weighted by Crippen LogP contribution is 2.63. The van der Waals surface area contributed by atoms with E-state index in [-0.39, 0.29) is 6.10 Å². The van der Waals surface area contributed by atoms with Crippen LogP contribution in [-0.4, -0.2) is 22.8 Å². The zero-order valence-corrected chi connectivity index (χ0v) is 11.9. The van der Waals surface area contributed by atoms with Gasteiger partial charge in [-0.05, 0) is 56.8 Å². The normalized spacial score (nSPS) is 60.8. The monoisotopic (exact) mass is 280 g/mol. The molecule has 6 aliphatic rings. The number of rotatable bonds is 0. The molecule has 4 bridgehead atoms. The van der Waals surface area contributed by atoms with E-state index < -0.39 is 11.6 Å². The van der Waals surface area contributed by atoms with Gasteiger partial charge in [0.25, 0.3) is 0 Å². The molecule has 112 valence electrons. The standard InChI is InChI=1S/C16H24O4/c17-14-2-1-3-15(9-14)18-16(20-19-15)12-5-10-4-11(7-12)8-13(16)6-10/h10-14,17H,1-9H2/t10?,11?,12?,13?,14?,15-,16?/m1/s1. The van der Waals surface area contributed by atoms with Gasteiger partial charge < -0.3 is 9.84 Å². The van der Waals surface area contributed by atoms with Crippen LogP contribution in [0.2, 0.25) is 0 Å². The summed E-state index contributed by atoms with van der Waals surface area (Å²) in [6.45, 7) is 0. The number of hydrogen-bond acceptors (Lipinski definition) is 4. The second-order valence-corrected chi connectivity index (χ2v) is 7.96. The van der Waals surface area contributed by atoms with Gasteiger partial charge in [0, 0.05) is 24.7 Å². The van der Waals surface area contributed by atoms with E-state index in [2.05, 4.69) is 0 Å². The van der Waals surface area contributed by atoms with Crippen LogP contribution in [0.25, 0.3) is 0 Å². The van der Waals surface area contributed by atoms with Crippen LogP contribution in [0.4, 0.5) is 0 Å². The minimum Gasteiger partial charge on any atom is -0.393 e. The molecule has 1 heterocycles. The molecule has 0 aromatic heterocycles. The average molecular weight is 280 g/mol. The number of aliphatic hydroxyl groups excluding tert-OH is 1. The second kappa shape index (κ2) is 3.97. The molecule has 1 unspecified atom stereocenters. The molecule has 0 amide bonds. The molecule has 5 aliphatic carbocycles. The first kappa shape index (κ1) is 12.4. The highest BCUT2D eigenvalue weighted by Gasteiger charge is 2.66. The fourth-order valence-electron chi connectivity index (χ4n) is 5.95. The summed E-state index contributed by atoms with van der Waals surface area (Å²) in [7, 11) is 0. The van der Waals surface area contributed by atoms with Crippen molar-refractivity contribution >= 4 is 0 Å². The highest BCUT2D eigenvalue weighted by molar-refractivity contribution is 5.05. The minimum absolute atomic E-state index is 0.306. The third kappa shape index (κ3) is 1.57. The van der Waals surface area contributed by atoms with E-state index in [1.54, 1.807) is 0 Å². The third-order valence-corrected chi connectivity index (χ3v) is 6.59. The fourth-order valence-corrected chi connectivity index (χ4v) is 5.95. The van der Waals surface area contributed by atoms with Crippen LogP contribution < -0.4 is 0 Å². The van der Waals surface area contributed by atoms with Crippen LogP contribution in [0.1, 0.15) is 57.8 Å². The fraction of sp³-hybridized carbons (Fsp3) is 1.00. The molecule has 1 saturated heterocycles. The zero-order chi connectivity index (χ0) is 13.4. The first-order valence-electron chi connectivity index (χ1n) is 8.42. The van der Waals surface area contributed by atoms with Crippen LogP contribution in [0.15, 0.2) is 0 Å². The van der Waals surface area contributed by atoms with Crippen molar-refractivity contribution in [2.75, 3.05) is 0 Å². The van der Waals surface area contributed by atoms with Gasteiger partial charge in [0.05, 0.1) is 6.10 Å². The van der Waals surface area contributed by atoms with Gasteiger partial charge in [-0.2, -0.15) is 9.78 Å². The van der Waals surface area contributed by atoms with E-state index in [1.807, 2.05) is 0 Å². The Morgan fingerprint density at radius 3 is 2.25 bits per heavy atom. The smallest absolute Gasteiger partial charge is 0.210 e. The Labute approximate surface area is 119 Å². The van der Waals surface area contributed by atoms with Crippen molar-refractivity contribution in [1.82, 2.24) is 0 Å². The Balaban J connectivity index is 1.44. The quantitative estimate of drug-likeness (QED) is 0.693. The zero-order valence-electron chi connectivity index (χ0n) is 11.9. The molecule has 5 saturated carbocycles. The largest absolute Gasteiger partial charge is 0.393 e. The molecule has 6 rings (SSSR count). The first-order valence-corrected chi connectivity index (χ1v) is 8.42. The predicted molar refractivity (Wildman–Crippen MR) is 70.2 cm³/mol. The average Bonchev–Trinajstić information content (AvgIpc) is 2.76. The van der Waals surface area contributed by atoms with Gasteiger partial charge in [0.2, 0.25) is 11.6 Å². The molecule has 2 spiro atoms. The summed E-state index contributed by atoms with van der Waals surface area (Å²) < 4.78 is 6.52. The molecule has 1 aliphatic heterocycles. The summed E-state index contributed by atoms with van der Waals surface area (Å²) in [6, 6.07) is 0. The molecule has 0 aromatic carbocycles. The van der Waals surface area contributed by atoms with Gasteiger partial charge in [0.15, 0.2) is 0 Å². The van der Waals surface area contributed by atoms with Crippen molar-refractivity contribution < 1.29 is 19.6 Å². The molecule has 4 nitrogen and oxygen atoms in total. The molecular weight excluding hydrogens is 256 g/mol. The number of hydrogen-bond donors (Lipinski definition) is 1. The predicted octanol–water partition coefficient (Wildman–Crippen LogP) is 2.75. The SMILES string of the molecule is OC1CCC[C@]2(C1)OOC1(O2)C2CC3CC(C2)CC1C3. The lowest BCUT2D eigenvalue weighted by Crippen LogP contribution is -2.59. The maximum atomic E-state index is 9.96. The Morgan fingerprint density at radius 2 is 1.60 bits per heavy atom. The minimum atomic E-state index is -0.660. The molecule has 1 N–H and O–H groups in total. The summed E-state index contributed by atoms with van der Waals surface area (Å²) in [5.74, 6) is 1.67. The molecule has 4 heteroatoms. The lowest BCUT2D eigenvalue weighted by Gasteiger charge is -2.57. The molecule has 0 aromatic rings. The second-order valence-electron chi connectivity index (χ2n) is 7.96. The molecule has 0 radical (unpaired) electrons. The Kier molecular flexibility index (Phi) is 2.46. The maximum Gasteiger partial charge on any atom is 0.210 e. The van der Waals surface area contributed by atoms with Crippen LogP contribution >= 0.6 is 0 Å². The highest BCUT2D eigenvalue weighted by atomic mass is 17.3.